The van der Waals surface area contributed by atoms with Crippen LogP contribution in [0.1, 0.15) is 51.4 Å². The van der Waals surface area contributed by atoms with E-state index in [1.807, 2.05) is 0 Å². The van der Waals surface area contributed by atoms with Gasteiger partial charge < -0.3 is 16.2 Å². The number of fused-ring (bicyclic) bond motifs is 1. The van der Waals surface area contributed by atoms with Crippen molar-refractivity contribution in [2.24, 2.45) is 23.5 Å². The summed E-state index contributed by atoms with van der Waals surface area (Å²) in [6.07, 6.45) is 7.31. The number of aliphatic carboxylic acids is 1. The van der Waals surface area contributed by atoms with E-state index in [1.165, 1.54) is 25.7 Å². The maximum absolute atomic E-state index is 12.2. The highest BCUT2D eigenvalue weighted by Crippen LogP contribution is 2.42. The van der Waals surface area contributed by atoms with Gasteiger partial charge in [-0.25, -0.2) is 4.79 Å². The number of hydrogen-bond acceptors (Lipinski definition) is 3. The third kappa shape index (κ3) is 4.19. The molecule has 0 aromatic rings. The third-order valence-corrected chi connectivity index (χ3v) is 4.93. The molecule has 2 fully saturated rings. The van der Waals surface area contributed by atoms with Crippen LogP contribution in [0.5, 0.6) is 0 Å². The minimum absolute atomic E-state index is 0.126. The van der Waals surface area contributed by atoms with Gasteiger partial charge in [0.25, 0.3) is 0 Å². The second-order valence-corrected chi connectivity index (χ2v) is 6.38. The van der Waals surface area contributed by atoms with Gasteiger partial charge >= 0.3 is 5.97 Å². The topological polar surface area (TPSA) is 109 Å². The highest BCUT2D eigenvalue weighted by atomic mass is 16.4. The molecule has 4 unspecified atom stereocenters. The Labute approximate surface area is 124 Å². The number of carboxylic acid groups (broad SMARTS) is 1. The van der Waals surface area contributed by atoms with Gasteiger partial charge in [0.1, 0.15) is 6.04 Å². The molecular formula is C15H24N2O4. The van der Waals surface area contributed by atoms with Gasteiger partial charge in [-0.15, -0.1) is 0 Å². The molecule has 0 bridgehead atoms. The lowest BCUT2D eigenvalue weighted by atomic mass is 9.67. The van der Waals surface area contributed by atoms with E-state index >= 15 is 0 Å². The highest BCUT2D eigenvalue weighted by Gasteiger charge is 2.36. The lowest BCUT2D eigenvalue weighted by Gasteiger charge is -2.38. The van der Waals surface area contributed by atoms with Crippen LogP contribution < -0.4 is 11.1 Å². The van der Waals surface area contributed by atoms with E-state index in [1.54, 1.807) is 0 Å². The van der Waals surface area contributed by atoms with E-state index in [9.17, 15) is 14.4 Å². The van der Waals surface area contributed by atoms with Crippen molar-refractivity contribution in [1.29, 1.82) is 0 Å². The van der Waals surface area contributed by atoms with Gasteiger partial charge in [-0.05, 0) is 31.1 Å². The molecular weight excluding hydrogens is 272 g/mol. The summed E-state index contributed by atoms with van der Waals surface area (Å²) in [5.41, 5.74) is 5.02. The Morgan fingerprint density at radius 1 is 1.10 bits per heavy atom. The molecule has 0 aromatic carbocycles. The smallest absolute Gasteiger partial charge is 0.326 e. The average Bonchev–Trinajstić information content (AvgIpc) is 2.45. The summed E-state index contributed by atoms with van der Waals surface area (Å²) >= 11 is 0. The van der Waals surface area contributed by atoms with Crippen molar-refractivity contribution in [3.63, 3.8) is 0 Å². The van der Waals surface area contributed by atoms with E-state index < -0.39 is 17.9 Å². The van der Waals surface area contributed by atoms with Crippen molar-refractivity contribution >= 4 is 17.8 Å². The molecule has 2 saturated carbocycles. The molecule has 0 spiro atoms. The summed E-state index contributed by atoms with van der Waals surface area (Å²) in [5.74, 6) is -0.967. The van der Waals surface area contributed by atoms with Gasteiger partial charge in [-0.3, -0.25) is 9.59 Å². The molecule has 21 heavy (non-hydrogen) atoms. The zero-order valence-electron chi connectivity index (χ0n) is 12.2. The minimum atomic E-state index is -1.21. The Hall–Kier alpha value is -1.59. The number of carbonyl (C=O) groups is 3. The van der Waals surface area contributed by atoms with E-state index in [-0.39, 0.29) is 18.2 Å². The molecule has 4 N–H and O–H groups in total. The molecule has 118 valence electrons. The largest absolute Gasteiger partial charge is 0.480 e. The van der Waals surface area contributed by atoms with Crippen molar-refractivity contribution < 1.29 is 19.5 Å². The van der Waals surface area contributed by atoms with Crippen LogP contribution in [0.25, 0.3) is 0 Å². The normalized spacial score (nSPS) is 30.0. The number of rotatable bonds is 5. The van der Waals surface area contributed by atoms with Crippen molar-refractivity contribution in [3.05, 3.63) is 0 Å². The second kappa shape index (κ2) is 6.91. The Kier molecular flexibility index (Phi) is 5.20. The molecule has 0 aliphatic heterocycles. The van der Waals surface area contributed by atoms with Crippen LogP contribution in [-0.2, 0) is 14.4 Å². The zero-order valence-corrected chi connectivity index (χ0v) is 12.2. The van der Waals surface area contributed by atoms with E-state index in [0.29, 0.717) is 5.92 Å². The fraction of sp³-hybridized carbons (Fsp3) is 0.800. The number of amides is 2. The van der Waals surface area contributed by atoms with Crippen LogP contribution in [0.2, 0.25) is 0 Å². The molecule has 0 heterocycles. The van der Waals surface area contributed by atoms with Gasteiger partial charge in [0.2, 0.25) is 11.8 Å². The molecule has 0 saturated heterocycles. The molecule has 2 rings (SSSR count). The van der Waals surface area contributed by atoms with Crippen LogP contribution in [-0.4, -0.2) is 28.9 Å². The maximum Gasteiger partial charge on any atom is 0.326 e. The summed E-state index contributed by atoms with van der Waals surface area (Å²) in [5, 5.41) is 11.5. The predicted molar refractivity (Wildman–Crippen MR) is 76.2 cm³/mol. The number of nitrogens with two attached hydrogens (primary N) is 1. The van der Waals surface area contributed by atoms with Gasteiger partial charge in [0.15, 0.2) is 0 Å². The fourth-order valence-corrected chi connectivity index (χ4v) is 3.80. The van der Waals surface area contributed by atoms with Crippen LogP contribution in [0.15, 0.2) is 0 Å². The van der Waals surface area contributed by atoms with Crippen LogP contribution in [0.3, 0.4) is 0 Å². The highest BCUT2D eigenvalue weighted by molar-refractivity contribution is 5.88. The minimum Gasteiger partial charge on any atom is -0.480 e. The van der Waals surface area contributed by atoms with Crippen LogP contribution in [0, 0.1) is 17.8 Å². The first kappa shape index (κ1) is 15.8. The standard InChI is InChI=1S/C15H24N2O4/c16-13(18)8-12(15(20)21)17-14(19)11-6-5-9-3-1-2-4-10(9)7-11/h9-12H,1-8H2,(H2,16,18)(H,17,19)(H,20,21). The Bertz CT molecular complexity index is 424. The van der Waals surface area contributed by atoms with Gasteiger partial charge in [-0.1, -0.05) is 25.7 Å². The Balaban J connectivity index is 1.90. The first-order valence-corrected chi connectivity index (χ1v) is 7.79. The molecule has 2 amide bonds. The van der Waals surface area contributed by atoms with Crippen LogP contribution in [0.4, 0.5) is 0 Å². The Morgan fingerprint density at radius 2 is 1.76 bits per heavy atom. The number of primary amides is 1. The molecule has 6 nitrogen and oxygen atoms in total. The Morgan fingerprint density at radius 3 is 2.38 bits per heavy atom. The van der Waals surface area contributed by atoms with Crippen molar-refractivity contribution in [3.8, 4) is 0 Å². The first-order valence-electron chi connectivity index (χ1n) is 7.79. The summed E-state index contributed by atoms with van der Waals surface area (Å²) in [6, 6.07) is -1.21. The first-order chi connectivity index (χ1) is 9.97. The van der Waals surface area contributed by atoms with E-state index in [4.69, 9.17) is 10.8 Å². The van der Waals surface area contributed by atoms with E-state index in [0.717, 1.165) is 25.2 Å². The number of hydrogen-bond donors (Lipinski definition) is 3. The molecule has 0 radical (unpaired) electrons. The summed E-state index contributed by atoms with van der Waals surface area (Å²) in [6.45, 7) is 0. The molecule has 4 atom stereocenters. The fourth-order valence-electron chi connectivity index (χ4n) is 3.80. The van der Waals surface area contributed by atoms with Crippen LogP contribution >= 0.6 is 0 Å². The molecule has 2 aliphatic rings. The average molecular weight is 296 g/mol. The third-order valence-electron chi connectivity index (χ3n) is 4.93. The summed E-state index contributed by atoms with van der Waals surface area (Å²) in [4.78, 5) is 34.2. The van der Waals surface area contributed by atoms with Gasteiger partial charge in [0.05, 0.1) is 6.42 Å². The maximum atomic E-state index is 12.2. The summed E-state index contributed by atoms with van der Waals surface area (Å²) in [7, 11) is 0. The molecule has 0 aromatic heterocycles. The van der Waals surface area contributed by atoms with E-state index in [2.05, 4.69) is 5.32 Å². The number of carbonyl (C=O) groups excluding carboxylic acids is 2. The molecule has 2 aliphatic carbocycles. The molecule has 6 heteroatoms. The lowest BCUT2D eigenvalue weighted by molar-refractivity contribution is -0.144. The zero-order chi connectivity index (χ0) is 15.4. The SMILES string of the molecule is NC(=O)CC(NC(=O)C1CCC2CCCCC2C1)C(=O)O. The lowest BCUT2D eigenvalue weighted by Crippen LogP contribution is -2.47. The van der Waals surface area contributed by atoms with Crippen molar-refractivity contribution in [2.75, 3.05) is 0 Å². The van der Waals surface area contributed by atoms with Crippen molar-refractivity contribution in [2.45, 2.75) is 57.4 Å². The number of carboxylic acids is 1. The quantitative estimate of drug-likeness (QED) is 0.704. The van der Waals surface area contributed by atoms with Gasteiger partial charge in [0, 0.05) is 5.92 Å². The van der Waals surface area contributed by atoms with Crippen molar-refractivity contribution in [1.82, 2.24) is 5.32 Å². The predicted octanol–water partition coefficient (Wildman–Crippen LogP) is 1.04. The van der Waals surface area contributed by atoms with Gasteiger partial charge in [-0.2, -0.15) is 0 Å². The monoisotopic (exact) mass is 296 g/mol. The summed E-state index contributed by atoms with van der Waals surface area (Å²) < 4.78 is 0. The second-order valence-electron chi connectivity index (χ2n) is 6.38. The number of nitrogens with one attached hydrogen (secondary N) is 1.